The third-order valence-electron chi connectivity index (χ3n) is 7.56. The van der Waals surface area contributed by atoms with Crippen molar-refractivity contribution in [1.82, 2.24) is 9.97 Å². The maximum atomic E-state index is 6.02. The lowest BCUT2D eigenvalue weighted by Crippen LogP contribution is -2.15. The number of rotatable bonds is 16. The van der Waals surface area contributed by atoms with Gasteiger partial charge in [0.1, 0.15) is 5.75 Å². The third kappa shape index (κ3) is 9.76. The molecule has 0 amide bonds. The molecule has 0 radical (unpaired) electrons. The van der Waals surface area contributed by atoms with E-state index in [-0.39, 0.29) is 0 Å². The minimum atomic E-state index is 0.786. The molecule has 2 aromatic rings. The topological polar surface area (TPSA) is 35.0 Å². The average Bonchev–Trinajstić information content (AvgIpc) is 2.88. The van der Waals surface area contributed by atoms with Gasteiger partial charge in [-0.15, -0.1) is 0 Å². The van der Waals surface area contributed by atoms with E-state index in [9.17, 15) is 0 Å². The SMILES string of the molecule is CCCCCCCCC[C@H]1CC[C@H](CCCOc2ccc(-c3ncc(CCC)cn3)cc2)CC1. The van der Waals surface area contributed by atoms with Gasteiger partial charge in [-0.05, 0) is 60.9 Å². The first kappa shape index (κ1) is 26.7. The molecule has 188 valence electrons. The van der Waals surface area contributed by atoms with E-state index < -0.39 is 0 Å². The normalized spacial score (nSPS) is 18.2. The molecule has 1 heterocycles. The Balaban J connectivity index is 1.24. The molecular formula is C31H48N2O. The van der Waals surface area contributed by atoms with Crippen molar-refractivity contribution < 1.29 is 4.74 Å². The van der Waals surface area contributed by atoms with Gasteiger partial charge in [-0.3, -0.25) is 0 Å². The number of unbranched alkanes of at least 4 members (excludes halogenated alkanes) is 6. The summed E-state index contributed by atoms with van der Waals surface area (Å²) in [6.07, 6.45) is 25.9. The summed E-state index contributed by atoms with van der Waals surface area (Å²) in [4.78, 5) is 9.02. The molecular weight excluding hydrogens is 416 g/mol. The van der Waals surface area contributed by atoms with E-state index in [0.717, 1.165) is 54.8 Å². The van der Waals surface area contributed by atoms with E-state index in [0.29, 0.717) is 0 Å². The Bertz CT molecular complexity index is 763. The molecule has 0 atom stereocenters. The number of aryl methyl sites for hydroxylation is 1. The monoisotopic (exact) mass is 464 g/mol. The fourth-order valence-corrected chi connectivity index (χ4v) is 5.38. The number of hydrogen-bond donors (Lipinski definition) is 0. The lowest BCUT2D eigenvalue weighted by atomic mass is 9.78. The van der Waals surface area contributed by atoms with E-state index in [2.05, 4.69) is 35.9 Å². The van der Waals surface area contributed by atoms with Crippen molar-refractivity contribution in [1.29, 1.82) is 0 Å². The van der Waals surface area contributed by atoms with E-state index in [1.165, 1.54) is 89.0 Å². The summed E-state index contributed by atoms with van der Waals surface area (Å²) in [5.74, 6) is 3.66. The zero-order valence-corrected chi connectivity index (χ0v) is 21.9. The van der Waals surface area contributed by atoms with Gasteiger partial charge in [0.05, 0.1) is 6.61 Å². The highest BCUT2D eigenvalue weighted by Gasteiger charge is 2.20. The second-order valence-corrected chi connectivity index (χ2v) is 10.5. The summed E-state index contributed by atoms with van der Waals surface area (Å²) in [6, 6.07) is 8.23. The highest BCUT2D eigenvalue weighted by Crippen LogP contribution is 2.34. The van der Waals surface area contributed by atoms with Gasteiger partial charge in [0, 0.05) is 18.0 Å². The Morgan fingerprint density at radius 2 is 1.29 bits per heavy atom. The van der Waals surface area contributed by atoms with E-state index >= 15 is 0 Å². The summed E-state index contributed by atoms with van der Waals surface area (Å²) in [5.41, 5.74) is 2.25. The second-order valence-electron chi connectivity index (χ2n) is 10.5. The highest BCUT2D eigenvalue weighted by atomic mass is 16.5. The smallest absolute Gasteiger partial charge is 0.159 e. The van der Waals surface area contributed by atoms with Crippen LogP contribution >= 0.6 is 0 Å². The molecule has 0 spiro atoms. The van der Waals surface area contributed by atoms with Crippen LogP contribution in [0.5, 0.6) is 5.75 Å². The van der Waals surface area contributed by atoms with Gasteiger partial charge in [-0.1, -0.05) is 97.3 Å². The first-order chi connectivity index (χ1) is 16.8. The molecule has 1 aliphatic rings. The van der Waals surface area contributed by atoms with E-state index in [1.54, 1.807) is 0 Å². The van der Waals surface area contributed by atoms with Crippen LogP contribution in [-0.4, -0.2) is 16.6 Å². The number of ether oxygens (including phenoxy) is 1. The number of aromatic nitrogens is 2. The molecule has 34 heavy (non-hydrogen) atoms. The van der Waals surface area contributed by atoms with Gasteiger partial charge >= 0.3 is 0 Å². The Labute approximate surface area is 209 Å². The summed E-state index contributed by atoms with van der Waals surface area (Å²) in [6.45, 7) is 5.29. The largest absolute Gasteiger partial charge is 0.494 e. The van der Waals surface area contributed by atoms with Crippen LogP contribution in [-0.2, 0) is 6.42 Å². The Hall–Kier alpha value is -1.90. The fourth-order valence-electron chi connectivity index (χ4n) is 5.38. The third-order valence-corrected chi connectivity index (χ3v) is 7.56. The van der Waals surface area contributed by atoms with Gasteiger partial charge in [0.15, 0.2) is 5.82 Å². The van der Waals surface area contributed by atoms with Crippen LogP contribution in [0.1, 0.15) is 116 Å². The molecule has 1 saturated carbocycles. The first-order valence-corrected chi connectivity index (χ1v) is 14.3. The minimum Gasteiger partial charge on any atom is -0.494 e. The van der Waals surface area contributed by atoms with Crippen LogP contribution in [0, 0.1) is 11.8 Å². The van der Waals surface area contributed by atoms with Crippen LogP contribution in [0.3, 0.4) is 0 Å². The lowest BCUT2D eigenvalue weighted by Gasteiger charge is -2.28. The number of benzene rings is 1. The number of hydrogen-bond acceptors (Lipinski definition) is 3. The molecule has 1 aliphatic carbocycles. The Kier molecular flexibility index (Phi) is 12.5. The molecule has 3 rings (SSSR count). The summed E-state index contributed by atoms with van der Waals surface area (Å²) < 4.78 is 6.02. The molecule has 0 unspecified atom stereocenters. The quantitative estimate of drug-likeness (QED) is 0.232. The highest BCUT2D eigenvalue weighted by molar-refractivity contribution is 5.55. The molecule has 0 aliphatic heterocycles. The van der Waals surface area contributed by atoms with Crippen LogP contribution in [0.15, 0.2) is 36.7 Å². The summed E-state index contributed by atoms with van der Waals surface area (Å²) in [7, 11) is 0. The van der Waals surface area contributed by atoms with Gasteiger partial charge in [-0.2, -0.15) is 0 Å². The van der Waals surface area contributed by atoms with Gasteiger partial charge in [0.2, 0.25) is 0 Å². The van der Waals surface area contributed by atoms with E-state index in [4.69, 9.17) is 4.74 Å². The molecule has 0 bridgehead atoms. The standard InChI is InChI=1S/C31H48N2O/c1-3-5-6-7-8-9-10-13-26-15-17-27(18-16-26)14-11-23-34-30-21-19-29(20-22-30)31-32-24-28(12-4-2)25-33-31/h19-22,24-27H,3-18,23H2,1-2H3/t26-,27-. The minimum absolute atomic E-state index is 0.786. The predicted octanol–water partition coefficient (Wildman–Crippen LogP) is 9.20. The van der Waals surface area contributed by atoms with Crippen LogP contribution in [0.4, 0.5) is 0 Å². The molecule has 1 aromatic heterocycles. The van der Waals surface area contributed by atoms with Gasteiger partial charge < -0.3 is 4.74 Å². The maximum absolute atomic E-state index is 6.02. The molecule has 0 N–H and O–H groups in total. The summed E-state index contributed by atoms with van der Waals surface area (Å²) >= 11 is 0. The van der Waals surface area contributed by atoms with Crippen LogP contribution < -0.4 is 4.74 Å². The average molecular weight is 465 g/mol. The maximum Gasteiger partial charge on any atom is 0.159 e. The van der Waals surface area contributed by atoms with E-state index in [1.807, 2.05) is 24.5 Å². The molecule has 3 nitrogen and oxygen atoms in total. The van der Waals surface area contributed by atoms with Crippen LogP contribution in [0.25, 0.3) is 11.4 Å². The summed E-state index contributed by atoms with van der Waals surface area (Å²) in [5, 5.41) is 0. The Morgan fingerprint density at radius 3 is 1.91 bits per heavy atom. The van der Waals surface area contributed by atoms with Gasteiger partial charge in [0.25, 0.3) is 0 Å². The zero-order chi connectivity index (χ0) is 23.8. The lowest BCUT2D eigenvalue weighted by molar-refractivity contribution is 0.228. The van der Waals surface area contributed by atoms with Crippen molar-refractivity contribution in [3.05, 3.63) is 42.2 Å². The molecule has 0 saturated heterocycles. The predicted molar refractivity (Wildman–Crippen MR) is 144 cm³/mol. The molecule has 1 aromatic carbocycles. The van der Waals surface area contributed by atoms with Crippen molar-refractivity contribution in [3.63, 3.8) is 0 Å². The van der Waals surface area contributed by atoms with Gasteiger partial charge in [-0.25, -0.2) is 9.97 Å². The molecule has 1 fully saturated rings. The first-order valence-electron chi connectivity index (χ1n) is 14.3. The van der Waals surface area contributed by atoms with Crippen molar-refractivity contribution in [3.8, 4) is 17.1 Å². The number of nitrogens with zero attached hydrogens (tertiary/aromatic N) is 2. The molecule has 3 heteroatoms. The second kappa shape index (κ2) is 15.9. The van der Waals surface area contributed by atoms with Crippen molar-refractivity contribution in [2.75, 3.05) is 6.61 Å². The van der Waals surface area contributed by atoms with Crippen molar-refractivity contribution in [2.24, 2.45) is 11.8 Å². The fraction of sp³-hybridized carbons (Fsp3) is 0.677. The van der Waals surface area contributed by atoms with Crippen molar-refractivity contribution in [2.45, 2.75) is 117 Å². The van der Waals surface area contributed by atoms with Crippen molar-refractivity contribution >= 4 is 0 Å². The van der Waals surface area contributed by atoms with Crippen LogP contribution in [0.2, 0.25) is 0 Å². The zero-order valence-electron chi connectivity index (χ0n) is 21.9. The Morgan fingerprint density at radius 1 is 0.706 bits per heavy atom.